The van der Waals surface area contributed by atoms with Gasteiger partial charge in [-0.1, -0.05) is 35.3 Å². The minimum absolute atomic E-state index is 0.108. The second kappa shape index (κ2) is 11.6. The summed E-state index contributed by atoms with van der Waals surface area (Å²) in [6, 6.07) is 7.17. The van der Waals surface area contributed by atoms with Crippen LogP contribution in [0.1, 0.15) is 42.9 Å². The molecule has 2 aliphatic rings. The number of urea groups is 1. The van der Waals surface area contributed by atoms with Gasteiger partial charge >= 0.3 is 12.0 Å². The van der Waals surface area contributed by atoms with Crippen LogP contribution < -0.4 is 5.32 Å². The summed E-state index contributed by atoms with van der Waals surface area (Å²) in [6.07, 6.45) is 1.48. The Balaban J connectivity index is 1.67. The number of ether oxygens (including phenoxy) is 1. The van der Waals surface area contributed by atoms with E-state index in [0.29, 0.717) is 60.3 Å². The van der Waals surface area contributed by atoms with Crippen molar-refractivity contribution >= 4 is 41.1 Å². The maximum atomic E-state index is 13.3. The molecule has 0 spiro atoms. The zero-order chi connectivity index (χ0) is 26.7. The number of nitrogens with zero attached hydrogens (tertiary/aromatic N) is 3. The number of esters is 1. The largest absolute Gasteiger partial charge is 0.463 e. The molecule has 37 heavy (non-hydrogen) atoms. The van der Waals surface area contributed by atoms with Crippen LogP contribution in [0.5, 0.6) is 0 Å². The minimum atomic E-state index is -0.824. The first-order valence-electron chi connectivity index (χ1n) is 12.3. The van der Waals surface area contributed by atoms with Crippen molar-refractivity contribution in [2.24, 2.45) is 0 Å². The molecule has 1 aromatic heterocycles. The highest BCUT2D eigenvalue weighted by Gasteiger charge is 2.40. The number of amides is 3. The average Bonchev–Trinajstić information content (AvgIpc) is 3.40. The van der Waals surface area contributed by atoms with E-state index in [0.717, 1.165) is 0 Å². The number of hydrogen-bond acceptors (Lipinski definition) is 6. The molecule has 11 heteroatoms. The molecule has 198 valence electrons. The van der Waals surface area contributed by atoms with E-state index in [1.165, 1.54) is 6.26 Å². The molecule has 2 unspecified atom stereocenters. The maximum absolute atomic E-state index is 13.3. The summed E-state index contributed by atoms with van der Waals surface area (Å²) in [5.41, 5.74) is 1.37. The molecule has 1 aromatic carbocycles. The number of furan rings is 1. The summed E-state index contributed by atoms with van der Waals surface area (Å²) < 4.78 is 10.7. The highest BCUT2D eigenvalue weighted by molar-refractivity contribution is 6.42. The van der Waals surface area contributed by atoms with Crippen LogP contribution in [0.3, 0.4) is 0 Å². The first kappa shape index (κ1) is 27.0. The zero-order valence-electron chi connectivity index (χ0n) is 21.0. The Bertz CT molecular complexity index is 1200. The van der Waals surface area contributed by atoms with Crippen LogP contribution in [0, 0.1) is 0 Å². The van der Waals surface area contributed by atoms with Crippen molar-refractivity contribution in [3.05, 3.63) is 69.2 Å². The number of rotatable bonds is 7. The monoisotopic (exact) mass is 548 g/mol. The van der Waals surface area contributed by atoms with Crippen molar-refractivity contribution in [3.63, 3.8) is 0 Å². The van der Waals surface area contributed by atoms with E-state index in [4.69, 9.17) is 32.4 Å². The van der Waals surface area contributed by atoms with Gasteiger partial charge < -0.3 is 19.4 Å². The van der Waals surface area contributed by atoms with Gasteiger partial charge in [0.2, 0.25) is 0 Å². The predicted molar refractivity (Wildman–Crippen MR) is 139 cm³/mol. The van der Waals surface area contributed by atoms with Crippen molar-refractivity contribution in [1.82, 2.24) is 20.0 Å². The Hall–Kier alpha value is -3.01. The van der Waals surface area contributed by atoms with E-state index in [2.05, 4.69) is 10.2 Å². The van der Waals surface area contributed by atoms with Gasteiger partial charge in [-0.25, -0.2) is 9.59 Å². The van der Waals surface area contributed by atoms with Gasteiger partial charge in [0.25, 0.3) is 5.91 Å². The Morgan fingerprint density at radius 2 is 1.95 bits per heavy atom. The fraction of sp³-hybridized carbons (Fsp3) is 0.423. The fourth-order valence-corrected chi connectivity index (χ4v) is 5.28. The number of halogens is 2. The fourth-order valence-electron chi connectivity index (χ4n) is 4.87. The van der Waals surface area contributed by atoms with E-state index in [9.17, 15) is 14.4 Å². The Morgan fingerprint density at radius 1 is 1.16 bits per heavy atom. The van der Waals surface area contributed by atoms with Crippen molar-refractivity contribution in [2.45, 2.75) is 32.9 Å². The normalized spacial score (nSPS) is 20.7. The average molecular weight is 549 g/mol. The van der Waals surface area contributed by atoms with Gasteiger partial charge in [0.05, 0.1) is 34.5 Å². The van der Waals surface area contributed by atoms with E-state index in [1.54, 1.807) is 47.1 Å². The van der Waals surface area contributed by atoms with Gasteiger partial charge in [-0.15, -0.1) is 0 Å². The Labute approximate surface area is 225 Å². The van der Waals surface area contributed by atoms with Crippen molar-refractivity contribution < 1.29 is 23.5 Å². The lowest BCUT2D eigenvalue weighted by molar-refractivity contribution is -0.139. The molecule has 1 N–H and O–H groups in total. The number of likely N-dealkylation sites (N-methyl/N-ethyl adjacent to an activating group) is 1. The molecule has 0 radical (unpaired) electrons. The molecule has 2 aliphatic heterocycles. The van der Waals surface area contributed by atoms with Gasteiger partial charge in [0.15, 0.2) is 5.76 Å². The van der Waals surface area contributed by atoms with Gasteiger partial charge in [-0.05, 0) is 44.5 Å². The number of nitrogens with one attached hydrogen (secondary N) is 1. The summed E-state index contributed by atoms with van der Waals surface area (Å²) in [5.74, 6) is -0.391. The lowest BCUT2D eigenvalue weighted by atomic mass is 9.93. The van der Waals surface area contributed by atoms with E-state index < -0.39 is 12.0 Å². The minimum Gasteiger partial charge on any atom is -0.463 e. The summed E-state index contributed by atoms with van der Waals surface area (Å²) in [6.45, 7) is 7.97. The van der Waals surface area contributed by atoms with E-state index in [1.807, 2.05) is 13.8 Å². The summed E-state index contributed by atoms with van der Waals surface area (Å²) >= 11 is 12.8. The molecule has 9 nitrogen and oxygen atoms in total. The SMILES string of the molecule is CCOC(=O)C1=C(CN2CCN(C(=O)c3ccco3)C(C)C2)N(CC)C(=O)NC1c1cccc(Cl)c1Cl. The molecule has 4 rings (SSSR count). The molecule has 1 saturated heterocycles. The van der Waals surface area contributed by atoms with Crippen molar-refractivity contribution in [1.29, 1.82) is 0 Å². The second-order valence-corrected chi connectivity index (χ2v) is 9.70. The molecular formula is C26H30Cl2N4O5. The maximum Gasteiger partial charge on any atom is 0.338 e. The summed E-state index contributed by atoms with van der Waals surface area (Å²) in [4.78, 5) is 44.8. The lowest BCUT2D eigenvalue weighted by Gasteiger charge is -2.42. The number of carbonyl (C=O) groups is 3. The molecule has 2 atom stereocenters. The topological polar surface area (TPSA) is 95.3 Å². The number of benzene rings is 1. The molecular weight excluding hydrogens is 519 g/mol. The van der Waals surface area contributed by atoms with Crippen LogP contribution >= 0.6 is 23.2 Å². The van der Waals surface area contributed by atoms with E-state index >= 15 is 0 Å². The van der Waals surface area contributed by atoms with Crippen LogP contribution in [0.25, 0.3) is 0 Å². The van der Waals surface area contributed by atoms with Gasteiger partial charge in [0.1, 0.15) is 0 Å². The molecule has 3 heterocycles. The third kappa shape index (κ3) is 5.49. The predicted octanol–water partition coefficient (Wildman–Crippen LogP) is 4.34. The van der Waals surface area contributed by atoms with Crippen LogP contribution in [-0.4, -0.2) is 78.0 Å². The van der Waals surface area contributed by atoms with Crippen LogP contribution in [0.2, 0.25) is 10.0 Å². The van der Waals surface area contributed by atoms with Crippen molar-refractivity contribution in [2.75, 3.05) is 39.3 Å². The van der Waals surface area contributed by atoms with Gasteiger partial charge in [-0.2, -0.15) is 0 Å². The summed E-state index contributed by atoms with van der Waals surface area (Å²) in [7, 11) is 0. The molecule has 3 amide bonds. The first-order valence-corrected chi connectivity index (χ1v) is 13.0. The Morgan fingerprint density at radius 3 is 2.59 bits per heavy atom. The van der Waals surface area contributed by atoms with Crippen LogP contribution in [-0.2, 0) is 9.53 Å². The number of piperazine rings is 1. The molecule has 0 bridgehead atoms. The summed E-state index contributed by atoms with van der Waals surface area (Å²) in [5, 5.41) is 3.49. The van der Waals surface area contributed by atoms with Crippen LogP contribution in [0.4, 0.5) is 4.79 Å². The zero-order valence-corrected chi connectivity index (χ0v) is 22.5. The molecule has 2 aromatic rings. The van der Waals surface area contributed by atoms with Crippen LogP contribution in [0.15, 0.2) is 52.3 Å². The van der Waals surface area contributed by atoms with Crippen molar-refractivity contribution in [3.8, 4) is 0 Å². The first-order chi connectivity index (χ1) is 17.8. The quantitative estimate of drug-likeness (QED) is 0.517. The molecule has 0 saturated carbocycles. The number of carbonyl (C=O) groups excluding carboxylic acids is 3. The van der Waals surface area contributed by atoms with Gasteiger partial charge in [-0.3, -0.25) is 14.6 Å². The highest BCUT2D eigenvalue weighted by atomic mass is 35.5. The molecule has 0 aliphatic carbocycles. The highest BCUT2D eigenvalue weighted by Crippen LogP contribution is 2.38. The third-order valence-electron chi connectivity index (χ3n) is 6.62. The number of hydrogen-bond donors (Lipinski definition) is 1. The third-order valence-corrected chi connectivity index (χ3v) is 7.45. The lowest BCUT2D eigenvalue weighted by Crippen LogP contribution is -2.56. The standard InChI is InChI=1S/C26H30Cl2N4O5/c1-4-31-19(15-30-11-12-32(16(3)14-30)24(33)20-10-7-13-37-20)21(25(34)36-5-2)23(29-26(31)35)17-8-6-9-18(27)22(17)28/h6-10,13,16,23H,4-5,11-12,14-15H2,1-3H3,(H,29,35). The smallest absolute Gasteiger partial charge is 0.338 e. The Kier molecular flexibility index (Phi) is 8.46. The molecule has 1 fully saturated rings. The van der Waals surface area contributed by atoms with Gasteiger partial charge in [0, 0.05) is 44.5 Å². The van der Waals surface area contributed by atoms with E-state index in [-0.39, 0.29) is 29.6 Å². The second-order valence-electron chi connectivity index (χ2n) is 8.91.